The smallest absolute Gasteiger partial charge is 0.200 e. The van der Waals surface area contributed by atoms with Crippen molar-refractivity contribution in [3.63, 3.8) is 0 Å². The Labute approximate surface area is 165 Å². The van der Waals surface area contributed by atoms with Crippen LogP contribution in [0.4, 0.5) is 43.9 Å². The SMILES string of the molecule is C=CCc1c(F)c(F)c(F)c(F)c1F.CCC(C)Cc1c(F)c(F)c(F)c(F)c1F. The summed E-state index contributed by atoms with van der Waals surface area (Å²) in [5.41, 5.74) is -1.60. The fraction of sp³-hybridized carbons (Fsp3) is 0.300. The molecule has 0 aromatic heterocycles. The van der Waals surface area contributed by atoms with E-state index >= 15 is 0 Å². The molecular weight excluding hydrogens is 430 g/mol. The molecule has 0 amide bonds. The molecule has 0 saturated carbocycles. The molecule has 2 aromatic carbocycles. The van der Waals surface area contributed by atoms with E-state index in [2.05, 4.69) is 6.58 Å². The van der Waals surface area contributed by atoms with Gasteiger partial charge in [0, 0.05) is 11.1 Å². The third-order valence-corrected chi connectivity index (χ3v) is 4.20. The Morgan fingerprint density at radius 1 is 0.600 bits per heavy atom. The summed E-state index contributed by atoms with van der Waals surface area (Å²) >= 11 is 0. The van der Waals surface area contributed by atoms with E-state index in [1.54, 1.807) is 13.8 Å². The fourth-order valence-corrected chi connectivity index (χ4v) is 2.30. The van der Waals surface area contributed by atoms with Crippen molar-refractivity contribution in [1.29, 1.82) is 0 Å². The van der Waals surface area contributed by atoms with Gasteiger partial charge in [0.1, 0.15) is 0 Å². The third kappa shape index (κ3) is 5.14. The molecule has 30 heavy (non-hydrogen) atoms. The van der Waals surface area contributed by atoms with Crippen molar-refractivity contribution < 1.29 is 43.9 Å². The molecule has 0 aliphatic heterocycles. The molecule has 0 heterocycles. The van der Waals surface area contributed by atoms with Gasteiger partial charge in [-0.15, -0.1) is 6.58 Å². The molecule has 1 atom stereocenters. The van der Waals surface area contributed by atoms with Gasteiger partial charge in [-0.05, 0) is 18.8 Å². The van der Waals surface area contributed by atoms with E-state index in [9.17, 15) is 43.9 Å². The fourth-order valence-electron chi connectivity index (χ4n) is 2.30. The maximum Gasteiger partial charge on any atom is 0.200 e. The third-order valence-electron chi connectivity index (χ3n) is 4.20. The van der Waals surface area contributed by atoms with Crippen molar-refractivity contribution >= 4 is 0 Å². The Hall–Kier alpha value is -2.52. The maximum absolute atomic E-state index is 13.2. The van der Waals surface area contributed by atoms with Crippen LogP contribution in [0.5, 0.6) is 0 Å². The molecule has 0 fully saturated rings. The summed E-state index contributed by atoms with van der Waals surface area (Å²) in [6.45, 7) is 6.60. The lowest BCUT2D eigenvalue weighted by molar-refractivity contribution is 0.364. The molecule has 0 N–H and O–H groups in total. The molecule has 2 rings (SSSR count). The highest BCUT2D eigenvalue weighted by Gasteiger charge is 2.26. The summed E-state index contributed by atoms with van der Waals surface area (Å²) in [6, 6.07) is 0. The summed E-state index contributed by atoms with van der Waals surface area (Å²) in [7, 11) is 0. The second-order valence-electron chi connectivity index (χ2n) is 6.31. The molecule has 166 valence electrons. The van der Waals surface area contributed by atoms with E-state index in [-0.39, 0.29) is 12.3 Å². The summed E-state index contributed by atoms with van der Waals surface area (Å²) < 4.78 is 128. The van der Waals surface area contributed by atoms with E-state index in [1.807, 2.05) is 0 Å². The molecule has 0 bridgehead atoms. The second-order valence-corrected chi connectivity index (χ2v) is 6.31. The number of allylic oxidation sites excluding steroid dienone is 1. The van der Waals surface area contributed by atoms with Gasteiger partial charge in [0.15, 0.2) is 46.5 Å². The standard InChI is InChI=1S/C11H11F5.C9H5F5/c1-3-5(2)4-6-7(12)9(14)11(16)10(15)8(6)13;1-2-3-4-5(10)7(12)9(14)8(13)6(4)11/h5H,3-4H2,1-2H3;2H,1,3H2. The summed E-state index contributed by atoms with van der Waals surface area (Å²) in [5, 5.41) is 0. The van der Waals surface area contributed by atoms with Gasteiger partial charge >= 0.3 is 0 Å². The van der Waals surface area contributed by atoms with Crippen molar-refractivity contribution in [1.82, 2.24) is 0 Å². The minimum Gasteiger partial charge on any atom is -0.203 e. The number of benzene rings is 2. The van der Waals surface area contributed by atoms with E-state index in [0.29, 0.717) is 6.42 Å². The van der Waals surface area contributed by atoms with Gasteiger partial charge in [-0.3, -0.25) is 0 Å². The quantitative estimate of drug-likeness (QED) is 0.199. The van der Waals surface area contributed by atoms with Crippen LogP contribution >= 0.6 is 0 Å². The Kier molecular flexibility index (Phi) is 8.92. The number of hydrogen-bond donors (Lipinski definition) is 0. The van der Waals surface area contributed by atoms with Crippen LogP contribution < -0.4 is 0 Å². The van der Waals surface area contributed by atoms with E-state index in [0.717, 1.165) is 6.08 Å². The molecule has 2 aromatic rings. The zero-order chi connectivity index (χ0) is 23.3. The van der Waals surface area contributed by atoms with Crippen LogP contribution in [0.2, 0.25) is 0 Å². The molecule has 0 aliphatic carbocycles. The predicted molar refractivity (Wildman–Crippen MR) is 89.5 cm³/mol. The minimum absolute atomic E-state index is 0.145. The minimum atomic E-state index is -2.15. The highest BCUT2D eigenvalue weighted by atomic mass is 19.2. The van der Waals surface area contributed by atoms with Gasteiger partial charge in [-0.1, -0.05) is 26.3 Å². The largest absolute Gasteiger partial charge is 0.203 e. The van der Waals surface area contributed by atoms with Gasteiger partial charge in [-0.25, -0.2) is 43.9 Å². The lowest BCUT2D eigenvalue weighted by Crippen LogP contribution is -2.10. The van der Waals surface area contributed by atoms with Gasteiger partial charge in [0.25, 0.3) is 0 Å². The Morgan fingerprint density at radius 3 is 1.20 bits per heavy atom. The van der Waals surface area contributed by atoms with Crippen molar-refractivity contribution in [2.75, 3.05) is 0 Å². The van der Waals surface area contributed by atoms with Crippen LogP contribution in [-0.4, -0.2) is 0 Å². The topological polar surface area (TPSA) is 0 Å². The highest BCUT2D eigenvalue weighted by Crippen LogP contribution is 2.26. The summed E-state index contributed by atoms with van der Waals surface area (Å²) in [6.07, 6.45) is 1.08. The first-order chi connectivity index (χ1) is 13.9. The van der Waals surface area contributed by atoms with Crippen LogP contribution in [0.25, 0.3) is 0 Å². The van der Waals surface area contributed by atoms with Crippen molar-refractivity contribution in [3.8, 4) is 0 Å². The number of hydrogen-bond acceptors (Lipinski definition) is 0. The first kappa shape index (κ1) is 25.5. The molecule has 0 radical (unpaired) electrons. The van der Waals surface area contributed by atoms with Gasteiger partial charge in [0.2, 0.25) is 11.6 Å². The molecule has 0 aliphatic rings. The normalized spacial score (nSPS) is 11.7. The highest BCUT2D eigenvalue weighted by molar-refractivity contribution is 5.26. The number of rotatable bonds is 5. The molecule has 0 saturated heterocycles. The van der Waals surface area contributed by atoms with Gasteiger partial charge in [-0.2, -0.15) is 0 Å². The molecule has 0 nitrogen and oxygen atoms in total. The van der Waals surface area contributed by atoms with Crippen LogP contribution in [-0.2, 0) is 12.8 Å². The molecule has 1 unspecified atom stereocenters. The molecule has 0 spiro atoms. The Bertz CT molecular complexity index is 878. The average Bonchev–Trinajstić information content (AvgIpc) is 2.74. The zero-order valence-electron chi connectivity index (χ0n) is 15.8. The van der Waals surface area contributed by atoms with Crippen LogP contribution in [0.3, 0.4) is 0 Å². The first-order valence-corrected chi connectivity index (χ1v) is 8.51. The second kappa shape index (κ2) is 10.5. The van der Waals surface area contributed by atoms with Crippen molar-refractivity contribution in [3.05, 3.63) is 82.0 Å². The first-order valence-electron chi connectivity index (χ1n) is 8.51. The Balaban J connectivity index is 0.000000303. The van der Waals surface area contributed by atoms with E-state index in [1.165, 1.54) is 0 Å². The lowest BCUT2D eigenvalue weighted by atomic mass is 9.97. The maximum atomic E-state index is 13.2. The van der Waals surface area contributed by atoms with E-state index in [4.69, 9.17) is 0 Å². The van der Waals surface area contributed by atoms with Crippen molar-refractivity contribution in [2.24, 2.45) is 5.92 Å². The van der Waals surface area contributed by atoms with Crippen LogP contribution in [0.15, 0.2) is 12.7 Å². The van der Waals surface area contributed by atoms with E-state index < -0.39 is 75.7 Å². The van der Waals surface area contributed by atoms with Gasteiger partial charge in [0.05, 0.1) is 0 Å². The lowest BCUT2D eigenvalue weighted by Gasteiger charge is -2.11. The summed E-state index contributed by atoms with van der Waals surface area (Å²) in [5.74, 6) is -19.1. The van der Waals surface area contributed by atoms with Gasteiger partial charge < -0.3 is 0 Å². The average molecular weight is 446 g/mol. The predicted octanol–water partition coefficient (Wildman–Crippen LogP) is 7.08. The Morgan fingerprint density at radius 2 is 0.900 bits per heavy atom. The molecule has 10 heteroatoms. The number of halogens is 10. The zero-order valence-corrected chi connectivity index (χ0v) is 15.8. The van der Waals surface area contributed by atoms with Crippen LogP contribution in [0, 0.1) is 64.1 Å². The van der Waals surface area contributed by atoms with Crippen LogP contribution in [0.1, 0.15) is 31.4 Å². The molecular formula is C20H16F10. The monoisotopic (exact) mass is 446 g/mol. The van der Waals surface area contributed by atoms with Crippen molar-refractivity contribution in [2.45, 2.75) is 33.1 Å². The summed E-state index contributed by atoms with van der Waals surface area (Å²) in [4.78, 5) is 0.